The van der Waals surface area contributed by atoms with E-state index < -0.39 is 56.4 Å². The summed E-state index contributed by atoms with van der Waals surface area (Å²) in [4.78, 5) is 33.7. The molecule has 31 heavy (non-hydrogen) atoms. The van der Waals surface area contributed by atoms with Gasteiger partial charge in [0.25, 0.3) is 11.6 Å². The summed E-state index contributed by atoms with van der Waals surface area (Å²) in [5.41, 5.74) is -3.20. The molecule has 0 radical (unpaired) electrons. The average molecular weight is 481 g/mol. The number of rotatable bonds is 6. The molecule has 0 aliphatic heterocycles. The number of benzene rings is 2. The van der Waals surface area contributed by atoms with Gasteiger partial charge in [0.1, 0.15) is 5.69 Å². The number of halogens is 4. The highest BCUT2D eigenvalue weighted by molar-refractivity contribution is 7.90. The lowest BCUT2D eigenvalue weighted by Gasteiger charge is -2.11. The molecule has 2 aromatic rings. The van der Waals surface area contributed by atoms with Crippen LogP contribution in [0.3, 0.4) is 0 Å². The van der Waals surface area contributed by atoms with Gasteiger partial charge in [-0.2, -0.15) is 13.2 Å². The van der Waals surface area contributed by atoms with Gasteiger partial charge in [-0.15, -0.1) is 0 Å². The Hall–Kier alpha value is -3.19. The van der Waals surface area contributed by atoms with Gasteiger partial charge in [0.05, 0.1) is 26.0 Å². The maximum atomic E-state index is 12.7. The molecule has 0 atom stereocenters. The molecule has 0 heterocycles. The summed E-state index contributed by atoms with van der Waals surface area (Å²) in [5, 5.41) is 12.8. The molecule has 1 amide bonds. The van der Waals surface area contributed by atoms with Gasteiger partial charge < -0.3 is 10.1 Å². The van der Waals surface area contributed by atoms with Crippen molar-refractivity contribution in [2.75, 3.05) is 18.2 Å². The van der Waals surface area contributed by atoms with Crippen molar-refractivity contribution in [1.29, 1.82) is 0 Å². The van der Waals surface area contributed by atoms with Crippen LogP contribution in [0.1, 0.15) is 15.9 Å². The van der Waals surface area contributed by atoms with Gasteiger partial charge in [-0.25, -0.2) is 13.2 Å². The Morgan fingerprint density at radius 3 is 2.39 bits per heavy atom. The highest BCUT2D eigenvalue weighted by atomic mass is 35.5. The minimum absolute atomic E-state index is 0.156. The number of amides is 1. The van der Waals surface area contributed by atoms with E-state index in [4.69, 9.17) is 16.3 Å². The third-order valence-electron chi connectivity index (χ3n) is 3.72. The molecule has 2 rings (SSSR count). The summed E-state index contributed by atoms with van der Waals surface area (Å²) in [6.07, 6.45) is -3.93. The number of nitrogens with one attached hydrogen (secondary N) is 1. The van der Waals surface area contributed by atoms with Crippen LogP contribution in [-0.2, 0) is 25.5 Å². The van der Waals surface area contributed by atoms with Crippen LogP contribution >= 0.6 is 11.6 Å². The molecule has 0 spiro atoms. The fourth-order valence-electron chi connectivity index (χ4n) is 2.25. The number of carbonyl (C=O) groups is 2. The molecule has 2 aromatic carbocycles. The predicted molar refractivity (Wildman–Crippen MR) is 102 cm³/mol. The lowest BCUT2D eigenvalue weighted by Crippen LogP contribution is -2.22. The van der Waals surface area contributed by atoms with Crippen molar-refractivity contribution in [3.8, 4) is 0 Å². The molecule has 0 aromatic heterocycles. The van der Waals surface area contributed by atoms with E-state index in [1.165, 1.54) is 0 Å². The fraction of sp³-hybridized carbons (Fsp3) is 0.176. The van der Waals surface area contributed by atoms with Crippen molar-refractivity contribution >= 4 is 44.7 Å². The van der Waals surface area contributed by atoms with Gasteiger partial charge in [-0.3, -0.25) is 14.9 Å². The lowest BCUT2D eigenvalue weighted by atomic mass is 10.1. The number of anilines is 1. The highest BCUT2D eigenvalue weighted by Gasteiger charge is 2.33. The van der Waals surface area contributed by atoms with Crippen LogP contribution in [0, 0.1) is 10.1 Å². The minimum atomic E-state index is -4.83. The first kappa shape index (κ1) is 24.1. The standard InChI is InChI=1S/C17H12ClF3N2O7S/c1-31(28,29)10-3-4-12(18)11(7-10)16(25)30-8-15(24)22-13-5-2-9(17(19,20)21)6-14(13)23(26)27/h2-7H,8H2,1H3,(H,22,24). The number of hydrogen-bond acceptors (Lipinski definition) is 7. The molecule has 0 bridgehead atoms. The third kappa shape index (κ3) is 6.15. The van der Waals surface area contributed by atoms with E-state index in [9.17, 15) is 41.3 Å². The summed E-state index contributed by atoms with van der Waals surface area (Å²) < 4.78 is 66.0. The number of nitrogens with zero attached hydrogens (tertiary/aromatic N) is 1. The van der Waals surface area contributed by atoms with E-state index in [0.717, 1.165) is 24.5 Å². The molecular weight excluding hydrogens is 469 g/mol. The Labute approximate surface area is 177 Å². The molecule has 1 N–H and O–H groups in total. The minimum Gasteiger partial charge on any atom is -0.452 e. The fourth-order valence-corrected chi connectivity index (χ4v) is 3.09. The van der Waals surface area contributed by atoms with Crippen LogP contribution in [-0.4, -0.2) is 38.1 Å². The summed E-state index contributed by atoms with van der Waals surface area (Å²) in [6.45, 7) is -0.976. The molecule has 14 heteroatoms. The Bertz CT molecular complexity index is 1170. The van der Waals surface area contributed by atoms with Crippen molar-refractivity contribution in [2.24, 2.45) is 0 Å². The van der Waals surface area contributed by atoms with E-state index in [2.05, 4.69) is 0 Å². The van der Waals surface area contributed by atoms with Crippen LogP contribution in [0.25, 0.3) is 0 Å². The van der Waals surface area contributed by atoms with E-state index in [1.54, 1.807) is 0 Å². The lowest BCUT2D eigenvalue weighted by molar-refractivity contribution is -0.384. The van der Waals surface area contributed by atoms with Gasteiger partial charge in [0.2, 0.25) is 0 Å². The average Bonchev–Trinajstić information content (AvgIpc) is 2.64. The van der Waals surface area contributed by atoms with Crippen molar-refractivity contribution in [1.82, 2.24) is 0 Å². The maximum absolute atomic E-state index is 12.7. The topological polar surface area (TPSA) is 133 Å². The normalized spacial score (nSPS) is 11.6. The van der Waals surface area contributed by atoms with Crippen molar-refractivity contribution in [2.45, 2.75) is 11.1 Å². The zero-order valence-electron chi connectivity index (χ0n) is 15.4. The molecule has 0 saturated heterocycles. The zero-order chi connectivity index (χ0) is 23.6. The van der Waals surface area contributed by atoms with Gasteiger partial charge in [-0.05, 0) is 30.3 Å². The molecule has 9 nitrogen and oxygen atoms in total. The van der Waals surface area contributed by atoms with Gasteiger partial charge >= 0.3 is 12.1 Å². The Balaban J connectivity index is 2.14. The van der Waals surface area contributed by atoms with Crippen LogP contribution < -0.4 is 5.32 Å². The molecule has 0 aliphatic rings. The number of hydrogen-bond donors (Lipinski definition) is 1. The molecular formula is C17H12ClF3N2O7S. The predicted octanol–water partition coefficient (Wildman–Crippen LogP) is 3.47. The number of sulfone groups is 1. The van der Waals surface area contributed by atoms with E-state index in [1.807, 2.05) is 5.32 Å². The number of nitro groups is 1. The third-order valence-corrected chi connectivity index (χ3v) is 5.16. The second kappa shape index (κ2) is 8.89. The Kier molecular flexibility index (Phi) is 6.91. The molecule has 0 unspecified atom stereocenters. The first-order chi connectivity index (χ1) is 14.2. The van der Waals surface area contributed by atoms with E-state index in [-0.39, 0.29) is 21.5 Å². The summed E-state index contributed by atoms with van der Waals surface area (Å²) in [7, 11) is -3.66. The van der Waals surface area contributed by atoms with Crippen molar-refractivity contribution in [3.05, 3.63) is 62.7 Å². The van der Waals surface area contributed by atoms with E-state index >= 15 is 0 Å². The quantitative estimate of drug-likeness (QED) is 0.380. The molecule has 0 aliphatic carbocycles. The second-order valence-corrected chi connectivity index (χ2v) is 8.45. The van der Waals surface area contributed by atoms with Crippen molar-refractivity contribution < 1.29 is 40.8 Å². The van der Waals surface area contributed by atoms with Gasteiger partial charge in [0.15, 0.2) is 16.4 Å². The zero-order valence-corrected chi connectivity index (χ0v) is 17.0. The molecule has 0 saturated carbocycles. The SMILES string of the molecule is CS(=O)(=O)c1ccc(Cl)c(C(=O)OCC(=O)Nc2ccc(C(F)(F)F)cc2[N+](=O)[O-])c1. The van der Waals surface area contributed by atoms with Crippen LogP contribution in [0.15, 0.2) is 41.3 Å². The van der Waals surface area contributed by atoms with Crippen LogP contribution in [0.4, 0.5) is 24.5 Å². The Morgan fingerprint density at radius 2 is 1.84 bits per heavy atom. The van der Waals surface area contributed by atoms with Crippen molar-refractivity contribution in [3.63, 3.8) is 0 Å². The van der Waals surface area contributed by atoms with Gasteiger partial charge in [-0.1, -0.05) is 11.6 Å². The summed E-state index contributed by atoms with van der Waals surface area (Å²) >= 11 is 5.83. The Morgan fingerprint density at radius 1 is 1.19 bits per heavy atom. The molecule has 0 fully saturated rings. The molecule has 166 valence electrons. The second-order valence-electron chi connectivity index (χ2n) is 6.02. The number of esters is 1. The first-order valence-electron chi connectivity index (χ1n) is 8.02. The number of alkyl halides is 3. The van der Waals surface area contributed by atoms with Crippen LogP contribution in [0.2, 0.25) is 5.02 Å². The largest absolute Gasteiger partial charge is 0.452 e. The van der Waals surface area contributed by atoms with Crippen LogP contribution in [0.5, 0.6) is 0 Å². The van der Waals surface area contributed by atoms with E-state index in [0.29, 0.717) is 12.1 Å². The smallest absolute Gasteiger partial charge is 0.416 e. The number of ether oxygens (including phenoxy) is 1. The summed E-state index contributed by atoms with van der Waals surface area (Å²) in [5.74, 6) is -2.25. The first-order valence-corrected chi connectivity index (χ1v) is 10.3. The monoisotopic (exact) mass is 480 g/mol. The maximum Gasteiger partial charge on any atom is 0.416 e. The summed E-state index contributed by atoms with van der Waals surface area (Å²) in [6, 6.07) is 4.71. The van der Waals surface area contributed by atoms with Gasteiger partial charge in [0, 0.05) is 12.3 Å². The number of carbonyl (C=O) groups excluding carboxylic acids is 2. The highest BCUT2D eigenvalue weighted by Crippen LogP contribution is 2.35. The number of nitro benzene ring substituents is 1.